The molecule has 0 aliphatic heterocycles. The Hall–Kier alpha value is -3.22. The summed E-state index contributed by atoms with van der Waals surface area (Å²) in [6.45, 7) is 0.527. The second-order valence-corrected chi connectivity index (χ2v) is 5.98. The van der Waals surface area contributed by atoms with Gasteiger partial charge in [-0.3, -0.25) is 9.78 Å². The highest BCUT2D eigenvalue weighted by Gasteiger charge is 2.22. The lowest BCUT2D eigenvalue weighted by molar-refractivity contribution is 0.0995. The van der Waals surface area contributed by atoms with Gasteiger partial charge in [0.1, 0.15) is 11.5 Å². The van der Waals surface area contributed by atoms with Gasteiger partial charge < -0.3 is 11.1 Å². The number of carbonyl (C=O) groups is 1. The SMILES string of the molecule is NC(=O)c1cncc(NCc2nn(-c3ccccc3)c3c2CCC3)n1. The van der Waals surface area contributed by atoms with Gasteiger partial charge >= 0.3 is 0 Å². The Morgan fingerprint density at radius 3 is 2.84 bits per heavy atom. The van der Waals surface area contributed by atoms with Gasteiger partial charge in [-0.05, 0) is 37.0 Å². The summed E-state index contributed by atoms with van der Waals surface area (Å²) in [4.78, 5) is 19.4. The quantitative estimate of drug-likeness (QED) is 0.742. The molecule has 7 heteroatoms. The van der Waals surface area contributed by atoms with Crippen molar-refractivity contribution in [1.29, 1.82) is 0 Å². The maximum absolute atomic E-state index is 11.2. The van der Waals surface area contributed by atoms with Gasteiger partial charge in [0.2, 0.25) is 0 Å². The molecule has 3 aromatic rings. The molecule has 0 spiro atoms. The summed E-state index contributed by atoms with van der Waals surface area (Å²) in [6.07, 6.45) is 6.14. The Kier molecular flexibility index (Phi) is 3.89. The van der Waals surface area contributed by atoms with Crippen molar-refractivity contribution in [2.24, 2.45) is 5.73 Å². The van der Waals surface area contributed by atoms with E-state index in [9.17, 15) is 4.79 Å². The number of nitrogens with two attached hydrogens (primary N) is 1. The highest BCUT2D eigenvalue weighted by Crippen LogP contribution is 2.28. The zero-order chi connectivity index (χ0) is 17.2. The maximum Gasteiger partial charge on any atom is 0.268 e. The molecule has 3 N–H and O–H groups in total. The van der Waals surface area contributed by atoms with Crippen LogP contribution in [0.4, 0.5) is 5.82 Å². The van der Waals surface area contributed by atoms with Crippen LogP contribution < -0.4 is 11.1 Å². The standard InChI is InChI=1S/C18H18N6O/c19-18(25)15-9-20-11-17(22-15)21-10-14-13-7-4-8-16(13)24(23-14)12-5-2-1-3-6-12/h1-3,5-6,9,11H,4,7-8,10H2,(H2,19,25)(H,21,22). The topological polar surface area (TPSA) is 98.7 Å². The minimum atomic E-state index is -0.592. The first-order valence-electron chi connectivity index (χ1n) is 8.23. The first-order valence-corrected chi connectivity index (χ1v) is 8.23. The predicted molar refractivity (Wildman–Crippen MR) is 93.5 cm³/mol. The van der Waals surface area contributed by atoms with Crippen LogP contribution in [0.3, 0.4) is 0 Å². The summed E-state index contributed by atoms with van der Waals surface area (Å²) in [7, 11) is 0. The minimum absolute atomic E-state index is 0.144. The van der Waals surface area contributed by atoms with Crippen LogP contribution in [0.25, 0.3) is 5.69 Å². The van der Waals surface area contributed by atoms with Gasteiger partial charge in [-0.2, -0.15) is 5.10 Å². The molecule has 0 saturated heterocycles. The van der Waals surface area contributed by atoms with E-state index in [2.05, 4.69) is 27.4 Å². The summed E-state index contributed by atoms with van der Waals surface area (Å²) < 4.78 is 2.03. The van der Waals surface area contributed by atoms with Crippen LogP contribution in [0.5, 0.6) is 0 Å². The van der Waals surface area contributed by atoms with Gasteiger partial charge in [0, 0.05) is 5.69 Å². The average Bonchev–Trinajstić information content (AvgIpc) is 3.24. The van der Waals surface area contributed by atoms with Crippen molar-refractivity contribution in [3.8, 4) is 5.69 Å². The molecular formula is C18H18N6O. The first kappa shape index (κ1) is 15.3. The minimum Gasteiger partial charge on any atom is -0.364 e. The molecule has 1 aromatic carbocycles. The van der Waals surface area contributed by atoms with E-state index in [1.807, 2.05) is 22.9 Å². The molecule has 0 bridgehead atoms. The fraction of sp³-hybridized carbons (Fsp3) is 0.222. The highest BCUT2D eigenvalue weighted by molar-refractivity contribution is 5.90. The number of para-hydroxylation sites is 1. The zero-order valence-electron chi connectivity index (χ0n) is 13.6. The van der Waals surface area contributed by atoms with Crippen molar-refractivity contribution >= 4 is 11.7 Å². The number of fused-ring (bicyclic) bond motifs is 1. The molecule has 4 rings (SSSR count). The average molecular weight is 334 g/mol. The number of nitrogens with zero attached hydrogens (tertiary/aromatic N) is 4. The molecule has 1 aliphatic rings. The largest absolute Gasteiger partial charge is 0.364 e. The van der Waals surface area contributed by atoms with Crippen molar-refractivity contribution in [2.45, 2.75) is 25.8 Å². The number of benzene rings is 1. The fourth-order valence-corrected chi connectivity index (χ4v) is 3.18. The van der Waals surface area contributed by atoms with E-state index < -0.39 is 5.91 Å². The van der Waals surface area contributed by atoms with E-state index in [-0.39, 0.29) is 5.69 Å². The number of carbonyl (C=O) groups excluding carboxylic acids is 1. The summed E-state index contributed by atoms with van der Waals surface area (Å²) in [6, 6.07) is 10.2. The summed E-state index contributed by atoms with van der Waals surface area (Å²) in [5, 5.41) is 7.98. The maximum atomic E-state index is 11.2. The monoisotopic (exact) mass is 334 g/mol. The summed E-state index contributed by atoms with van der Waals surface area (Å²) in [5.41, 5.74) is 10.0. The van der Waals surface area contributed by atoms with E-state index in [0.717, 1.165) is 30.6 Å². The van der Waals surface area contributed by atoms with E-state index in [1.165, 1.54) is 17.5 Å². The molecule has 0 radical (unpaired) electrons. The Morgan fingerprint density at radius 1 is 1.20 bits per heavy atom. The van der Waals surface area contributed by atoms with E-state index >= 15 is 0 Å². The molecule has 1 aliphatic carbocycles. The number of aromatic nitrogens is 4. The van der Waals surface area contributed by atoms with Gasteiger partial charge in [-0.15, -0.1) is 0 Å². The smallest absolute Gasteiger partial charge is 0.268 e. The molecule has 0 saturated carbocycles. The fourth-order valence-electron chi connectivity index (χ4n) is 3.18. The van der Waals surface area contributed by atoms with Gasteiger partial charge in [0.05, 0.1) is 30.3 Å². The molecule has 2 aromatic heterocycles. The number of anilines is 1. The van der Waals surface area contributed by atoms with Crippen molar-refractivity contribution < 1.29 is 4.79 Å². The molecule has 2 heterocycles. The number of amides is 1. The van der Waals surface area contributed by atoms with E-state index in [0.29, 0.717) is 12.4 Å². The molecule has 25 heavy (non-hydrogen) atoms. The molecular weight excluding hydrogens is 316 g/mol. The van der Waals surface area contributed by atoms with Crippen molar-refractivity contribution in [3.05, 3.63) is 65.4 Å². The van der Waals surface area contributed by atoms with Crippen molar-refractivity contribution in [2.75, 3.05) is 5.32 Å². The Balaban J connectivity index is 1.60. The molecule has 1 amide bonds. The van der Waals surface area contributed by atoms with Crippen LogP contribution in [0.2, 0.25) is 0 Å². The third kappa shape index (κ3) is 2.96. The number of rotatable bonds is 5. The lowest BCUT2D eigenvalue weighted by Gasteiger charge is -2.06. The number of hydrogen-bond donors (Lipinski definition) is 2. The molecule has 126 valence electrons. The van der Waals surface area contributed by atoms with Gasteiger partial charge in [-0.25, -0.2) is 9.67 Å². The molecule has 0 unspecified atom stereocenters. The van der Waals surface area contributed by atoms with Crippen LogP contribution in [-0.2, 0) is 19.4 Å². The van der Waals surface area contributed by atoms with Gasteiger partial charge in [0.15, 0.2) is 0 Å². The Bertz CT molecular complexity index is 919. The Labute approximate surface area is 144 Å². The number of nitrogens with one attached hydrogen (secondary N) is 1. The molecule has 7 nitrogen and oxygen atoms in total. The van der Waals surface area contributed by atoms with Crippen LogP contribution in [0, 0.1) is 0 Å². The lowest BCUT2D eigenvalue weighted by atomic mass is 10.2. The highest BCUT2D eigenvalue weighted by atomic mass is 16.1. The second-order valence-electron chi connectivity index (χ2n) is 5.98. The van der Waals surface area contributed by atoms with Gasteiger partial charge in [-0.1, -0.05) is 18.2 Å². The first-order chi connectivity index (χ1) is 12.2. The van der Waals surface area contributed by atoms with Crippen LogP contribution in [-0.4, -0.2) is 25.7 Å². The Morgan fingerprint density at radius 2 is 2.04 bits per heavy atom. The molecule has 0 atom stereocenters. The number of primary amides is 1. The van der Waals surface area contributed by atoms with Crippen molar-refractivity contribution in [1.82, 2.24) is 19.7 Å². The second kappa shape index (κ2) is 6.35. The lowest BCUT2D eigenvalue weighted by Crippen LogP contribution is -2.15. The van der Waals surface area contributed by atoms with Gasteiger partial charge in [0.25, 0.3) is 5.91 Å². The third-order valence-electron chi connectivity index (χ3n) is 4.34. The van der Waals surface area contributed by atoms with Crippen LogP contribution in [0.15, 0.2) is 42.7 Å². The molecule has 0 fully saturated rings. The van der Waals surface area contributed by atoms with Crippen LogP contribution >= 0.6 is 0 Å². The summed E-state index contributed by atoms with van der Waals surface area (Å²) in [5.74, 6) is -0.0808. The van der Waals surface area contributed by atoms with Crippen LogP contribution in [0.1, 0.15) is 33.9 Å². The van der Waals surface area contributed by atoms with E-state index in [1.54, 1.807) is 6.20 Å². The third-order valence-corrected chi connectivity index (χ3v) is 4.34. The summed E-state index contributed by atoms with van der Waals surface area (Å²) >= 11 is 0. The van der Waals surface area contributed by atoms with Crippen molar-refractivity contribution in [3.63, 3.8) is 0 Å². The predicted octanol–water partition coefficient (Wildman–Crippen LogP) is 1.86. The van der Waals surface area contributed by atoms with E-state index in [4.69, 9.17) is 10.8 Å². The number of hydrogen-bond acceptors (Lipinski definition) is 5. The zero-order valence-corrected chi connectivity index (χ0v) is 13.6. The normalized spacial score (nSPS) is 12.8.